The average molecular weight is 310 g/mol. The third-order valence-corrected chi connectivity index (χ3v) is 4.23. The van der Waals surface area contributed by atoms with Crippen LogP contribution in [0.3, 0.4) is 0 Å². The number of aromatic nitrogens is 1. The second kappa shape index (κ2) is 6.65. The van der Waals surface area contributed by atoms with Gasteiger partial charge in [0.05, 0.1) is 5.02 Å². The van der Waals surface area contributed by atoms with Crippen molar-refractivity contribution in [3.8, 4) is 0 Å². The number of carbonyl (C=O) groups is 1. The largest absolute Gasteiger partial charge is 0.370 e. The highest BCUT2D eigenvalue weighted by atomic mass is 35.5. The van der Waals surface area contributed by atoms with Gasteiger partial charge in [-0.05, 0) is 43.2 Å². The molecule has 1 amide bonds. The summed E-state index contributed by atoms with van der Waals surface area (Å²) in [4.78, 5) is 16.7. The van der Waals surface area contributed by atoms with Crippen molar-refractivity contribution in [2.24, 2.45) is 5.41 Å². The number of hydrogen-bond donors (Lipinski definition) is 2. The molecule has 0 bridgehead atoms. The third kappa shape index (κ3) is 4.34. The fourth-order valence-electron chi connectivity index (χ4n) is 2.77. The summed E-state index contributed by atoms with van der Waals surface area (Å²) in [5, 5.41) is 6.63. The minimum Gasteiger partial charge on any atom is -0.370 e. The highest BCUT2D eigenvalue weighted by Gasteiger charge is 2.32. The summed E-state index contributed by atoms with van der Waals surface area (Å²) in [6, 6.07) is 3.74. The Hall–Kier alpha value is -1.29. The molecule has 116 valence electrons. The van der Waals surface area contributed by atoms with E-state index in [1.807, 2.05) is 0 Å². The Morgan fingerprint density at radius 2 is 2.24 bits per heavy atom. The zero-order valence-corrected chi connectivity index (χ0v) is 13.8. The maximum atomic E-state index is 12.4. The van der Waals surface area contributed by atoms with E-state index in [2.05, 4.69) is 36.4 Å². The lowest BCUT2D eigenvalue weighted by atomic mass is 9.92. The van der Waals surface area contributed by atoms with Gasteiger partial charge >= 0.3 is 0 Å². The van der Waals surface area contributed by atoms with E-state index in [4.69, 9.17) is 11.6 Å². The number of carbonyl (C=O) groups excluding carboxylic acids is 1. The van der Waals surface area contributed by atoms with Crippen molar-refractivity contribution in [1.82, 2.24) is 10.3 Å². The molecule has 1 aromatic rings. The molecule has 0 spiro atoms. The third-order valence-electron chi connectivity index (χ3n) is 3.92. The predicted molar refractivity (Wildman–Crippen MR) is 86.9 cm³/mol. The number of pyridine rings is 1. The first-order valence-corrected chi connectivity index (χ1v) is 8.00. The Morgan fingerprint density at radius 3 is 2.86 bits per heavy atom. The van der Waals surface area contributed by atoms with Gasteiger partial charge in [-0.3, -0.25) is 4.79 Å². The van der Waals surface area contributed by atoms with Crippen molar-refractivity contribution in [3.63, 3.8) is 0 Å². The molecule has 1 heterocycles. The van der Waals surface area contributed by atoms with Crippen molar-refractivity contribution < 1.29 is 4.79 Å². The van der Waals surface area contributed by atoms with Crippen LogP contribution in [0.1, 0.15) is 56.9 Å². The van der Waals surface area contributed by atoms with Crippen LogP contribution in [0, 0.1) is 5.41 Å². The van der Waals surface area contributed by atoms with Crippen LogP contribution in [-0.4, -0.2) is 23.5 Å². The number of hydrogen-bond acceptors (Lipinski definition) is 3. The first kappa shape index (κ1) is 16.1. The smallest absolute Gasteiger partial charge is 0.271 e. The van der Waals surface area contributed by atoms with Crippen LogP contribution in [0.4, 0.5) is 5.82 Å². The molecule has 1 atom stereocenters. The minimum atomic E-state index is -0.178. The first-order valence-electron chi connectivity index (χ1n) is 7.62. The Kier molecular flexibility index (Phi) is 5.09. The van der Waals surface area contributed by atoms with E-state index in [0.29, 0.717) is 21.9 Å². The van der Waals surface area contributed by atoms with Crippen molar-refractivity contribution in [2.45, 2.75) is 52.5 Å². The summed E-state index contributed by atoms with van der Waals surface area (Å²) in [6.45, 7) is 7.38. The maximum absolute atomic E-state index is 12.4. The van der Waals surface area contributed by atoms with E-state index in [9.17, 15) is 4.79 Å². The van der Waals surface area contributed by atoms with Gasteiger partial charge < -0.3 is 10.6 Å². The molecule has 1 aliphatic rings. The van der Waals surface area contributed by atoms with Crippen LogP contribution in [0.15, 0.2) is 12.1 Å². The van der Waals surface area contributed by atoms with Crippen molar-refractivity contribution in [2.75, 3.05) is 11.9 Å². The van der Waals surface area contributed by atoms with E-state index in [1.54, 1.807) is 12.1 Å². The molecule has 5 heteroatoms. The number of amides is 1. The molecule has 1 saturated carbocycles. The lowest BCUT2D eigenvalue weighted by Crippen LogP contribution is -2.34. The molecule has 4 nitrogen and oxygen atoms in total. The molecule has 0 radical (unpaired) electrons. The molecule has 0 aromatic carbocycles. The molecule has 2 N–H and O–H groups in total. The van der Waals surface area contributed by atoms with E-state index in [0.717, 1.165) is 32.2 Å². The van der Waals surface area contributed by atoms with Crippen LogP contribution in [0.5, 0.6) is 0 Å². The second-order valence-electron chi connectivity index (χ2n) is 6.53. The van der Waals surface area contributed by atoms with Gasteiger partial charge in [-0.1, -0.05) is 32.4 Å². The summed E-state index contributed by atoms with van der Waals surface area (Å²) >= 11 is 6.12. The van der Waals surface area contributed by atoms with E-state index < -0.39 is 0 Å². The lowest BCUT2D eigenvalue weighted by molar-refractivity contribution is 0.0931. The van der Waals surface area contributed by atoms with Crippen LogP contribution in [0.2, 0.25) is 5.02 Å². The summed E-state index contributed by atoms with van der Waals surface area (Å²) < 4.78 is 0. The summed E-state index contributed by atoms with van der Waals surface area (Å²) in [6.07, 6.45) is 4.16. The quantitative estimate of drug-likeness (QED) is 0.868. The molecule has 1 aromatic heterocycles. The normalized spacial score (nSPS) is 20.3. The van der Waals surface area contributed by atoms with Gasteiger partial charge in [0, 0.05) is 12.6 Å². The first-order chi connectivity index (χ1) is 9.91. The molecule has 21 heavy (non-hydrogen) atoms. The molecular formula is C16H24ClN3O. The molecule has 1 fully saturated rings. The van der Waals surface area contributed by atoms with Crippen LogP contribution in [-0.2, 0) is 0 Å². The van der Waals surface area contributed by atoms with Crippen LogP contribution >= 0.6 is 11.6 Å². The highest BCUT2D eigenvalue weighted by molar-refractivity contribution is 6.33. The number of anilines is 1. The van der Waals surface area contributed by atoms with Gasteiger partial charge in [-0.2, -0.15) is 0 Å². The van der Waals surface area contributed by atoms with Gasteiger partial charge in [-0.15, -0.1) is 0 Å². The van der Waals surface area contributed by atoms with Gasteiger partial charge in [-0.25, -0.2) is 4.98 Å². The van der Waals surface area contributed by atoms with Crippen LogP contribution < -0.4 is 10.6 Å². The Balaban J connectivity index is 2.04. The van der Waals surface area contributed by atoms with Gasteiger partial charge in [0.25, 0.3) is 5.91 Å². The molecule has 0 saturated heterocycles. The number of rotatable bonds is 5. The molecule has 1 aliphatic carbocycles. The molecular weight excluding hydrogens is 286 g/mol. The predicted octanol–water partition coefficient (Wildman–Crippen LogP) is 3.87. The molecule has 1 unspecified atom stereocenters. The topological polar surface area (TPSA) is 54.0 Å². The van der Waals surface area contributed by atoms with Crippen molar-refractivity contribution in [1.29, 1.82) is 0 Å². The zero-order chi connectivity index (χ0) is 15.5. The second-order valence-corrected chi connectivity index (χ2v) is 6.94. The zero-order valence-electron chi connectivity index (χ0n) is 13.0. The Bertz CT molecular complexity index is 516. The summed E-state index contributed by atoms with van der Waals surface area (Å²) in [7, 11) is 0. The number of nitrogens with one attached hydrogen (secondary N) is 2. The highest BCUT2D eigenvalue weighted by Crippen LogP contribution is 2.37. The Morgan fingerprint density at radius 1 is 1.48 bits per heavy atom. The van der Waals surface area contributed by atoms with Gasteiger partial charge in [0.2, 0.25) is 0 Å². The fourth-order valence-corrected chi connectivity index (χ4v) is 2.96. The Labute approximate surface area is 131 Å². The number of halogens is 1. The van der Waals surface area contributed by atoms with E-state index >= 15 is 0 Å². The fraction of sp³-hybridized carbons (Fsp3) is 0.625. The van der Waals surface area contributed by atoms with E-state index in [1.165, 1.54) is 0 Å². The molecule has 2 rings (SSSR count). The van der Waals surface area contributed by atoms with Gasteiger partial charge in [0.1, 0.15) is 11.5 Å². The standard InChI is InChI=1S/C16H24ClN3O/c1-4-9-18-13-6-5-12(17)14(20-13)15(21)19-11-7-8-16(2,3)10-11/h5-6,11H,4,7-10H2,1-3H3,(H,18,20)(H,19,21). The average Bonchev–Trinajstić information content (AvgIpc) is 2.76. The van der Waals surface area contributed by atoms with Gasteiger partial charge in [0.15, 0.2) is 0 Å². The van der Waals surface area contributed by atoms with Crippen molar-refractivity contribution in [3.05, 3.63) is 22.8 Å². The lowest BCUT2D eigenvalue weighted by Gasteiger charge is -2.18. The van der Waals surface area contributed by atoms with E-state index in [-0.39, 0.29) is 11.9 Å². The SMILES string of the molecule is CCCNc1ccc(Cl)c(C(=O)NC2CCC(C)(C)C2)n1. The summed E-state index contributed by atoms with van der Waals surface area (Å²) in [5.41, 5.74) is 0.613. The monoisotopic (exact) mass is 309 g/mol. The van der Waals surface area contributed by atoms with Crippen LogP contribution in [0.25, 0.3) is 0 Å². The molecule has 0 aliphatic heterocycles. The number of nitrogens with zero attached hydrogens (tertiary/aromatic N) is 1. The van der Waals surface area contributed by atoms with Crippen molar-refractivity contribution >= 4 is 23.3 Å². The maximum Gasteiger partial charge on any atom is 0.271 e. The minimum absolute atomic E-state index is 0.178. The summed E-state index contributed by atoms with van der Waals surface area (Å²) in [5.74, 6) is 0.515.